The fraction of sp³-hybridized carbons (Fsp3) is 0.276. The van der Waals surface area contributed by atoms with Crippen LogP contribution in [-0.4, -0.2) is 30.3 Å². The molecule has 0 unspecified atom stereocenters. The molecule has 0 aliphatic rings. The molecule has 0 spiro atoms. The van der Waals surface area contributed by atoms with Crippen molar-refractivity contribution in [3.8, 4) is 0 Å². The summed E-state index contributed by atoms with van der Waals surface area (Å²) >= 11 is 0. The number of nitrogens with zero attached hydrogens (tertiary/aromatic N) is 1. The highest BCUT2D eigenvalue weighted by Gasteiger charge is 2.27. The second kappa shape index (κ2) is 9.91. The molecule has 0 saturated carbocycles. The van der Waals surface area contributed by atoms with E-state index in [1.807, 2.05) is 54.6 Å². The first-order valence-electron chi connectivity index (χ1n) is 11.9. The maximum Gasteiger partial charge on any atom is 0.372 e. The number of fused-ring (bicyclic) bond motifs is 1. The Morgan fingerprint density at radius 1 is 0.944 bits per heavy atom. The van der Waals surface area contributed by atoms with E-state index in [-0.39, 0.29) is 22.6 Å². The maximum absolute atomic E-state index is 13.9. The lowest BCUT2D eigenvalue weighted by atomic mass is 9.87. The molecule has 0 fully saturated rings. The molecular formula is C29H31NO5S. The van der Waals surface area contributed by atoms with Gasteiger partial charge in [0.25, 0.3) is 0 Å². The van der Waals surface area contributed by atoms with Crippen molar-refractivity contribution in [3.63, 3.8) is 0 Å². The summed E-state index contributed by atoms with van der Waals surface area (Å²) in [6.07, 6.45) is 0.566. The van der Waals surface area contributed by atoms with E-state index in [4.69, 9.17) is 4.42 Å². The molecule has 0 aliphatic carbocycles. The van der Waals surface area contributed by atoms with Gasteiger partial charge in [-0.25, -0.2) is 13.2 Å². The Balaban J connectivity index is 1.70. The normalized spacial score (nSPS) is 12.4. The standard InChI is InChI=1S/C29H31NO5S/c1-20-25-18-24(14-15-26(25)35-27(20)28(31)32)36(33,34)30(17-16-21-8-6-5-7-9-21)19-22-10-12-23(13-11-22)29(2,3)4/h5-15,18H,16-17,19H2,1-4H3,(H,31,32). The van der Waals surface area contributed by atoms with E-state index in [2.05, 4.69) is 20.8 Å². The van der Waals surface area contributed by atoms with Crippen molar-refractivity contribution in [2.45, 2.75) is 51.0 Å². The van der Waals surface area contributed by atoms with E-state index < -0.39 is 16.0 Å². The zero-order chi connectivity index (χ0) is 26.1. The van der Waals surface area contributed by atoms with Crippen LogP contribution < -0.4 is 0 Å². The minimum atomic E-state index is -3.88. The molecule has 0 radical (unpaired) electrons. The molecule has 0 saturated heterocycles. The van der Waals surface area contributed by atoms with Gasteiger partial charge in [-0.15, -0.1) is 0 Å². The number of carboxylic acid groups (broad SMARTS) is 1. The number of aromatic carboxylic acids is 1. The number of aryl methyl sites for hydroxylation is 1. The number of carboxylic acids is 1. The van der Waals surface area contributed by atoms with Gasteiger partial charge in [-0.3, -0.25) is 0 Å². The van der Waals surface area contributed by atoms with E-state index in [9.17, 15) is 18.3 Å². The summed E-state index contributed by atoms with van der Waals surface area (Å²) in [4.78, 5) is 11.6. The van der Waals surface area contributed by atoms with Gasteiger partial charge < -0.3 is 9.52 Å². The average molecular weight is 506 g/mol. The number of benzene rings is 3. The van der Waals surface area contributed by atoms with Gasteiger partial charge in [0.15, 0.2) is 0 Å². The molecule has 188 valence electrons. The monoisotopic (exact) mass is 505 g/mol. The van der Waals surface area contributed by atoms with Crippen LogP contribution in [0, 0.1) is 6.92 Å². The number of furan rings is 1. The molecule has 0 aliphatic heterocycles. The highest BCUT2D eigenvalue weighted by Crippen LogP contribution is 2.30. The van der Waals surface area contributed by atoms with Crippen molar-refractivity contribution in [1.29, 1.82) is 0 Å². The van der Waals surface area contributed by atoms with E-state index in [1.165, 1.54) is 28.1 Å². The molecule has 1 aromatic heterocycles. The number of hydrogen-bond acceptors (Lipinski definition) is 4. The summed E-state index contributed by atoms with van der Waals surface area (Å²) in [7, 11) is -3.88. The Bertz CT molecular complexity index is 1480. The Morgan fingerprint density at radius 3 is 2.22 bits per heavy atom. The van der Waals surface area contributed by atoms with Gasteiger partial charge in [0.1, 0.15) is 5.58 Å². The molecule has 6 nitrogen and oxygen atoms in total. The fourth-order valence-corrected chi connectivity index (χ4v) is 5.67. The van der Waals surface area contributed by atoms with Crippen LogP contribution in [0.25, 0.3) is 11.0 Å². The van der Waals surface area contributed by atoms with Gasteiger partial charge in [-0.2, -0.15) is 4.31 Å². The zero-order valence-corrected chi connectivity index (χ0v) is 21.8. The zero-order valence-electron chi connectivity index (χ0n) is 21.0. The molecule has 4 rings (SSSR count). The van der Waals surface area contributed by atoms with E-state index >= 15 is 0 Å². The molecule has 1 heterocycles. The highest BCUT2D eigenvalue weighted by molar-refractivity contribution is 7.89. The van der Waals surface area contributed by atoms with Crippen LogP contribution in [0.4, 0.5) is 0 Å². The van der Waals surface area contributed by atoms with Gasteiger partial charge in [-0.1, -0.05) is 75.4 Å². The largest absolute Gasteiger partial charge is 0.475 e. The van der Waals surface area contributed by atoms with Crippen LogP contribution in [0.2, 0.25) is 0 Å². The second-order valence-corrected chi connectivity index (χ2v) is 12.0. The molecule has 36 heavy (non-hydrogen) atoms. The topological polar surface area (TPSA) is 87.8 Å². The Morgan fingerprint density at radius 2 is 1.61 bits per heavy atom. The van der Waals surface area contributed by atoms with Crippen molar-refractivity contribution in [3.05, 3.63) is 101 Å². The predicted molar refractivity (Wildman–Crippen MR) is 141 cm³/mol. The van der Waals surface area contributed by atoms with Crippen LogP contribution in [0.15, 0.2) is 82.1 Å². The van der Waals surface area contributed by atoms with Crippen LogP contribution in [-0.2, 0) is 28.4 Å². The fourth-order valence-electron chi connectivity index (χ4n) is 4.21. The van der Waals surface area contributed by atoms with Gasteiger partial charge >= 0.3 is 5.97 Å². The van der Waals surface area contributed by atoms with Crippen molar-refractivity contribution < 1.29 is 22.7 Å². The summed E-state index contributed by atoms with van der Waals surface area (Å²) < 4.78 is 34.6. The summed E-state index contributed by atoms with van der Waals surface area (Å²) in [5.74, 6) is -1.37. The molecule has 7 heteroatoms. The summed E-state index contributed by atoms with van der Waals surface area (Å²) in [6, 6.07) is 22.3. The summed E-state index contributed by atoms with van der Waals surface area (Å²) in [5.41, 5.74) is 3.88. The second-order valence-electron chi connectivity index (χ2n) is 10.0. The Hall–Kier alpha value is -3.42. The lowest BCUT2D eigenvalue weighted by molar-refractivity contribution is 0.0664. The van der Waals surface area contributed by atoms with Gasteiger partial charge in [0, 0.05) is 24.0 Å². The molecule has 1 N–H and O–H groups in total. The van der Waals surface area contributed by atoms with Crippen LogP contribution in [0.3, 0.4) is 0 Å². The SMILES string of the molecule is Cc1c(C(=O)O)oc2ccc(S(=O)(=O)N(CCc3ccccc3)Cc3ccc(C(C)(C)C)cc3)cc12. The number of hydrogen-bond donors (Lipinski definition) is 1. The Labute approximate surface area is 212 Å². The number of carbonyl (C=O) groups is 1. The lowest BCUT2D eigenvalue weighted by Crippen LogP contribution is -2.32. The van der Waals surface area contributed by atoms with Crippen LogP contribution in [0.5, 0.6) is 0 Å². The number of rotatable bonds is 8. The summed E-state index contributed by atoms with van der Waals surface area (Å²) in [6.45, 7) is 8.57. The minimum Gasteiger partial charge on any atom is -0.475 e. The lowest BCUT2D eigenvalue weighted by Gasteiger charge is -2.24. The van der Waals surface area contributed by atoms with Crippen molar-refractivity contribution in [2.24, 2.45) is 0 Å². The van der Waals surface area contributed by atoms with Crippen molar-refractivity contribution in [2.75, 3.05) is 6.54 Å². The third kappa shape index (κ3) is 5.37. The van der Waals surface area contributed by atoms with E-state index in [1.54, 1.807) is 6.92 Å². The first kappa shape index (κ1) is 25.7. The third-order valence-electron chi connectivity index (χ3n) is 6.41. The quantitative estimate of drug-likeness (QED) is 0.309. The molecule has 0 bridgehead atoms. The molecule has 3 aromatic carbocycles. The molecule has 0 atom stereocenters. The van der Waals surface area contributed by atoms with E-state index in [0.717, 1.165) is 11.1 Å². The predicted octanol–water partition coefficient (Wildman–Crippen LogP) is 6.17. The number of sulfonamides is 1. The van der Waals surface area contributed by atoms with Crippen LogP contribution >= 0.6 is 0 Å². The van der Waals surface area contributed by atoms with Gasteiger partial charge in [0.05, 0.1) is 4.90 Å². The molecular weight excluding hydrogens is 474 g/mol. The van der Waals surface area contributed by atoms with Crippen molar-refractivity contribution >= 4 is 27.0 Å². The summed E-state index contributed by atoms with van der Waals surface area (Å²) in [5, 5.41) is 9.85. The van der Waals surface area contributed by atoms with Gasteiger partial charge in [-0.05, 0) is 53.6 Å². The van der Waals surface area contributed by atoms with Crippen LogP contribution in [0.1, 0.15) is 53.6 Å². The smallest absolute Gasteiger partial charge is 0.372 e. The molecule has 4 aromatic rings. The van der Waals surface area contributed by atoms with E-state index in [0.29, 0.717) is 29.5 Å². The average Bonchev–Trinajstić information content (AvgIpc) is 3.18. The maximum atomic E-state index is 13.9. The highest BCUT2D eigenvalue weighted by atomic mass is 32.2. The Kier molecular flexibility index (Phi) is 7.07. The third-order valence-corrected chi connectivity index (χ3v) is 8.25. The molecule has 0 amide bonds. The first-order valence-corrected chi connectivity index (χ1v) is 13.3. The first-order chi connectivity index (χ1) is 17.0. The van der Waals surface area contributed by atoms with Gasteiger partial charge in [0.2, 0.25) is 15.8 Å². The minimum absolute atomic E-state index is 0.00424. The van der Waals surface area contributed by atoms with Crippen molar-refractivity contribution in [1.82, 2.24) is 4.31 Å².